The van der Waals surface area contributed by atoms with E-state index in [1.807, 2.05) is 0 Å². The highest BCUT2D eigenvalue weighted by atomic mass is 79.9. The maximum absolute atomic E-state index is 11.8. The SMILES string of the molecule is COC(=O)C(CCCBr)Oc1cc2c(cc1[N+](=O)[O-])CCC2. The summed E-state index contributed by atoms with van der Waals surface area (Å²) in [5, 5.41) is 12.0. The van der Waals surface area contributed by atoms with Crippen LogP contribution in [0.25, 0.3) is 0 Å². The molecule has 0 heterocycles. The summed E-state index contributed by atoms with van der Waals surface area (Å²) >= 11 is 3.30. The second-order valence-electron chi connectivity index (χ2n) is 5.16. The highest BCUT2D eigenvalue weighted by Gasteiger charge is 2.27. The van der Waals surface area contributed by atoms with Crippen molar-refractivity contribution in [2.45, 2.75) is 38.2 Å². The van der Waals surface area contributed by atoms with Crippen LogP contribution in [0.5, 0.6) is 5.75 Å². The molecule has 1 aliphatic rings. The van der Waals surface area contributed by atoms with Gasteiger partial charge in [-0.15, -0.1) is 0 Å². The first kappa shape index (κ1) is 16.7. The predicted molar refractivity (Wildman–Crippen MR) is 84.6 cm³/mol. The lowest BCUT2D eigenvalue weighted by Gasteiger charge is -2.17. The number of fused-ring (bicyclic) bond motifs is 1. The molecule has 0 aliphatic heterocycles. The van der Waals surface area contributed by atoms with Crippen molar-refractivity contribution in [2.24, 2.45) is 0 Å². The normalized spacial score (nSPS) is 14.3. The van der Waals surface area contributed by atoms with Gasteiger partial charge in [-0.1, -0.05) is 15.9 Å². The zero-order valence-corrected chi connectivity index (χ0v) is 13.9. The van der Waals surface area contributed by atoms with Gasteiger partial charge < -0.3 is 9.47 Å². The van der Waals surface area contributed by atoms with E-state index >= 15 is 0 Å². The molecule has 22 heavy (non-hydrogen) atoms. The van der Waals surface area contributed by atoms with E-state index in [-0.39, 0.29) is 11.4 Å². The summed E-state index contributed by atoms with van der Waals surface area (Å²) in [6, 6.07) is 3.26. The summed E-state index contributed by atoms with van der Waals surface area (Å²) in [5.74, 6) is -0.369. The monoisotopic (exact) mass is 371 g/mol. The molecule has 7 heteroatoms. The molecule has 0 aromatic heterocycles. The van der Waals surface area contributed by atoms with Gasteiger partial charge in [-0.2, -0.15) is 0 Å². The van der Waals surface area contributed by atoms with Gasteiger partial charge in [-0.25, -0.2) is 4.79 Å². The van der Waals surface area contributed by atoms with Crippen LogP contribution in [0.1, 0.15) is 30.4 Å². The summed E-state index contributed by atoms with van der Waals surface area (Å²) in [6.45, 7) is 0. The van der Waals surface area contributed by atoms with Gasteiger partial charge in [0.25, 0.3) is 0 Å². The number of hydrogen-bond acceptors (Lipinski definition) is 5. The number of methoxy groups -OCH3 is 1. The van der Waals surface area contributed by atoms with Crippen molar-refractivity contribution in [3.05, 3.63) is 33.4 Å². The van der Waals surface area contributed by atoms with Crippen molar-refractivity contribution in [2.75, 3.05) is 12.4 Å². The van der Waals surface area contributed by atoms with E-state index in [1.54, 1.807) is 12.1 Å². The van der Waals surface area contributed by atoms with E-state index < -0.39 is 17.0 Å². The quantitative estimate of drug-likeness (QED) is 0.318. The standard InChI is InChI=1S/C15H18BrNO5/c1-21-15(18)13(6-3-7-16)22-14-9-11-5-2-4-10(11)8-12(14)17(19)20/h8-9,13H,2-7H2,1H3. The van der Waals surface area contributed by atoms with Gasteiger partial charge >= 0.3 is 11.7 Å². The third-order valence-corrected chi connectivity index (χ3v) is 4.26. The first-order valence-corrected chi connectivity index (χ1v) is 8.29. The van der Waals surface area contributed by atoms with Crippen LogP contribution in [0, 0.1) is 10.1 Å². The van der Waals surface area contributed by atoms with Crippen LogP contribution in [0.2, 0.25) is 0 Å². The lowest BCUT2D eigenvalue weighted by molar-refractivity contribution is -0.386. The van der Waals surface area contributed by atoms with Crippen molar-refractivity contribution in [3.8, 4) is 5.75 Å². The molecule has 0 saturated carbocycles. The van der Waals surface area contributed by atoms with E-state index in [0.29, 0.717) is 12.8 Å². The molecular weight excluding hydrogens is 354 g/mol. The molecule has 1 aliphatic carbocycles. The van der Waals surface area contributed by atoms with Gasteiger partial charge in [0.15, 0.2) is 11.9 Å². The van der Waals surface area contributed by atoms with Crippen LogP contribution in [-0.2, 0) is 22.4 Å². The Morgan fingerprint density at radius 2 is 2.09 bits per heavy atom. The maximum atomic E-state index is 11.8. The second kappa shape index (κ2) is 7.58. The minimum absolute atomic E-state index is 0.0894. The van der Waals surface area contributed by atoms with Crippen molar-refractivity contribution in [1.29, 1.82) is 0 Å². The molecule has 2 rings (SSSR count). The van der Waals surface area contributed by atoms with Gasteiger partial charge in [0, 0.05) is 11.4 Å². The minimum Gasteiger partial charge on any atom is -0.472 e. The van der Waals surface area contributed by atoms with Gasteiger partial charge in [0.05, 0.1) is 12.0 Å². The first-order chi connectivity index (χ1) is 10.6. The number of carbonyl (C=O) groups excluding carboxylic acids is 1. The van der Waals surface area contributed by atoms with Crippen LogP contribution in [0.4, 0.5) is 5.69 Å². The zero-order chi connectivity index (χ0) is 16.1. The largest absolute Gasteiger partial charge is 0.472 e. The number of carbonyl (C=O) groups is 1. The lowest BCUT2D eigenvalue weighted by atomic mass is 10.1. The third kappa shape index (κ3) is 3.76. The topological polar surface area (TPSA) is 78.7 Å². The lowest BCUT2D eigenvalue weighted by Crippen LogP contribution is -2.29. The van der Waals surface area contributed by atoms with E-state index in [4.69, 9.17) is 9.47 Å². The van der Waals surface area contributed by atoms with Crippen LogP contribution in [-0.4, -0.2) is 29.4 Å². The molecule has 0 fully saturated rings. The van der Waals surface area contributed by atoms with E-state index in [2.05, 4.69) is 15.9 Å². The van der Waals surface area contributed by atoms with Crippen molar-refractivity contribution >= 4 is 27.6 Å². The van der Waals surface area contributed by atoms with Crippen LogP contribution < -0.4 is 4.74 Å². The van der Waals surface area contributed by atoms with E-state index in [1.165, 1.54) is 7.11 Å². The average Bonchev–Trinajstić information content (AvgIpc) is 2.96. The molecule has 6 nitrogen and oxygen atoms in total. The van der Waals surface area contributed by atoms with Crippen LogP contribution in [0.15, 0.2) is 12.1 Å². The Morgan fingerprint density at radius 1 is 1.41 bits per heavy atom. The first-order valence-electron chi connectivity index (χ1n) is 7.17. The van der Waals surface area contributed by atoms with Crippen molar-refractivity contribution in [1.82, 2.24) is 0 Å². The Bertz CT molecular complexity index is 575. The molecule has 120 valence electrons. The Morgan fingerprint density at radius 3 is 2.68 bits per heavy atom. The smallest absolute Gasteiger partial charge is 0.347 e. The predicted octanol–water partition coefficient (Wildman–Crippen LogP) is 3.18. The summed E-state index contributed by atoms with van der Waals surface area (Å²) < 4.78 is 10.4. The molecule has 1 atom stereocenters. The van der Waals surface area contributed by atoms with Gasteiger partial charge in [0.2, 0.25) is 0 Å². The molecule has 0 saturated heterocycles. The number of nitro groups is 1. The van der Waals surface area contributed by atoms with Crippen molar-refractivity contribution < 1.29 is 19.2 Å². The number of hydrogen-bond donors (Lipinski definition) is 0. The fraction of sp³-hybridized carbons (Fsp3) is 0.533. The van der Waals surface area contributed by atoms with E-state index in [9.17, 15) is 14.9 Å². The highest BCUT2D eigenvalue weighted by Crippen LogP contribution is 2.35. The zero-order valence-electron chi connectivity index (χ0n) is 12.3. The molecule has 1 aromatic rings. The number of halogens is 1. The number of aryl methyl sites for hydroxylation is 2. The molecule has 1 aromatic carbocycles. The van der Waals surface area contributed by atoms with E-state index in [0.717, 1.165) is 35.7 Å². The molecule has 0 spiro atoms. The number of rotatable bonds is 7. The molecule has 0 N–H and O–H groups in total. The molecule has 1 unspecified atom stereocenters. The number of alkyl halides is 1. The summed E-state index contributed by atoms with van der Waals surface area (Å²) in [5.41, 5.74) is 1.97. The number of benzene rings is 1. The van der Waals surface area contributed by atoms with Crippen LogP contribution >= 0.6 is 15.9 Å². The Hall–Kier alpha value is -1.63. The summed E-state index contributed by atoms with van der Waals surface area (Å²) in [6.07, 6.45) is 3.03. The Kier molecular flexibility index (Phi) is 5.76. The number of nitrogens with zero attached hydrogens (tertiary/aromatic N) is 1. The molecule has 0 bridgehead atoms. The third-order valence-electron chi connectivity index (χ3n) is 3.70. The molecular formula is C15H18BrNO5. The average molecular weight is 372 g/mol. The molecule has 0 amide bonds. The second-order valence-corrected chi connectivity index (χ2v) is 5.95. The number of ether oxygens (including phenoxy) is 2. The summed E-state index contributed by atoms with van der Waals surface area (Å²) in [7, 11) is 1.28. The van der Waals surface area contributed by atoms with Gasteiger partial charge in [0.1, 0.15) is 0 Å². The maximum Gasteiger partial charge on any atom is 0.347 e. The minimum atomic E-state index is -0.833. The molecule has 0 radical (unpaired) electrons. The Balaban J connectivity index is 2.29. The number of nitro benzene ring substituents is 1. The fourth-order valence-electron chi connectivity index (χ4n) is 2.60. The van der Waals surface area contributed by atoms with Crippen molar-refractivity contribution in [3.63, 3.8) is 0 Å². The number of esters is 1. The summed E-state index contributed by atoms with van der Waals surface area (Å²) in [4.78, 5) is 22.6. The van der Waals surface area contributed by atoms with Gasteiger partial charge in [-0.3, -0.25) is 10.1 Å². The highest BCUT2D eigenvalue weighted by molar-refractivity contribution is 9.09. The van der Waals surface area contributed by atoms with Crippen LogP contribution in [0.3, 0.4) is 0 Å². The van der Waals surface area contributed by atoms with Gasteiger partial charge in [-0.05, 0) is 49.3 Å². The Labute approximate surface area is 137 Å². The fourth-order valence-corrected chi connectivity index (χ4v) is 2.92.